The first-order chi connectivity index (χ1) is 5.65. The van der Waals surface area contributed by atoms with Crippen molar-refractivity contribution in [2.45, 2.75) is 0 Å². The van der Waals surface area contributed by atoms with Gasteiger partial charge in [-0.1, -0.05) is 23.2 Å². The summed E-state index contributed by atoms with van der Waals surface area (Å²) >= 11 is 10.9. The molecule has 5 heteroatoms. The maximum Gasteiger partial charge on any atom is 0.228 e. The summed E-state index contributed by atoms with van der Waals surface area (Å²) < 4.78 is 28.7. The summed E-state index contributed by atoms with van der Waals surface area (Å²) in [6, 6.07) is 2.09. The minimum Gasteiger partial charge on any atom is -0.461 e. The van der Waals surface area contributed by atoms with Gasteiger partial charge in [0.05, 0.1) is 10.0 Å². The Morgan fingerprint density at radius 2 is 1.92 bits per heavy atom. The molecule has 66 valence electrons. The normalized spacial score (nSPS) is 10.0. The van der Waals surface area contributed by atoms with Gasteiger partial charge in [-0.2, -0.15) is 0 Å². The van der Waals surface area contributed by atoms with E-state index in [1.165, 1.54) is 0 Å². The molecule has 1 nitrogen and oxygen atoms in total. The molecule has 1 aromatic rings. The lowest BCUT2D eigenvalue weighted by molar-refractivity contribution is 0.191. The Morgan fingerprint density at radius 3 is 2.50 bits per heavy atom. The lowest BCUT2D eigenvalue weighted by Gasteiger charge is -2.04. The molecule has 0 N–H and O–H groups in total. The lowest BCUT2D eigenvalue weighted by Crippen LogP contribution is -1.91. The van der Waals surface area contributed by atoms with Crippen molar-refractivity contribution < 1.29 is 13.5 Å². The van der Waals surface area contributed by atoms with Crippen molar-refractivity contribution in [3.05, 3.63) is 28.0 Å². The predicted molar refractivity (Wildman–Crippen MR) is 43.0 cm³/mol. The van der Waals surface area contributed by atoms with Crippen LogP contribution in [0.4, 0.5) is 8.78 Å². The molecule has 0 fully saturated rings. The third-order valence-corrected chi connectivity index (χ3v) is 1.77. The highest BCUT2D eigenvalue weighted by molar-refractivity contribution is 6.34. The Bertz CT molecular complexity index is 291. The van der Waals surface area contributed by atoms with E-state index in [1.54, 1.807) is 0 Å². The number of alkyl halides is 1. The Labute approximate surface area is 77.8 Å². The van der Waals surface area contributed by atoms with Crippen molar-refractivity contribution in [3.63, 3.8) is 0 Å². The van der Waals surface area contributed by atoms with Crippen LogP contribution >= 0.6 is 23.2 Å². The molecule has 0 bridgehead atoms. The molecule has 0 heterocycles. The van der Waals surface area contributed by atoms with E-state index in [-0.39, 0.29) is 15.8 Å². The molecule has 0 atom stereocenters. The monoisotopic (exact) mass is 212 g/mol. The molecular formula is C7H4Cl2F2O. The SMILES string of the molecule is FCOc1cc(Cl)c(F)cc1Cl. The van der Waals surface area contributed by atoms with E-state index in [0.29, 0.717) is 0 Å². The van der Waals surface area contributed by atoms with Gasteiger partial charge < -0.3 is 4.74 Å². The number of benzene rings is 1. The Kier molecular flexibility index (Phi) is 3.12. The van der Waals surface area contributed by atoms with Gasteiger partial charge in [0.15, 0.2) is 0 Å². The van der Waals surface area contributed by atoms with Crippen LogP contribution in [0.15, 0.2) is 12.1 Å². The third kappa shape index (κ3) is 1.99. The topological polar surface area (TPSA) is 9.23 Å². The fourth-order valence-electron chi connectivity index (χ4n) is 0.674. The molecule has 1 rings (SSSR count). The lowest BCUT2D eigenvalue weighted by atomic mass is 10.3. The molecule has 0 radical (unpaired) electrons. The highest BCUT2D eigenvalue weighted by Crippen LogP contribution is 2.30. The van der Waals surface area contributed by atoms with Crippen LogP contribution in [0.5, 0.6) is 5.75 Å². The molecule has 0 aromatic heterocycles. The molecule has 0 spiro atoms. The summed E-state index contributed by atoms with van der Waals surface area (Å²) in [5.74, 6) is -0.626. The predicted octanol–water partition coefficient (Wildman–Crippen LogP) is 3.44. The molecule has 0 saturated carbocycles. The van der Waals surface area contributed by atoms with Crippen LogP contribution in [0, 0.1) is 5.82 Å². The summed E-state index contributed by atoms with van der Waals surface area (Å²) in [6.45, 7) is -1.03. The number of hydrogen-bond donors (Lipinski definition) is 0. The van der Waals surface area contributed by atoms with Gasteiger partial charge in [-0.05, 0) is 6.07 Å². The van der Waals surface area contributed by atoms with Crippen molar-refractivity contribution in [2.75, 3.05) is 6.86 Å². The minimum atomic E-state index is -1.03. The average molecular weight is 213 g/mol. The van der Waals surface area contributed by atoms with Crippen LogP contribution in [0.2, 0.25) is 10.0 Å². The highest BCUT2D eigenvalue weighted by atomic mass is 35.5. The van der Waals surface area contributed by atoms with Gasteiger partial charge in [0.25, 0.3) is 0 Å². The molecule has 0 aliphatic rings. The van der Waals surface area contributed by atoms with Gasteiger partial charge >= 0.3 is 0 Å². The molecule has 0 aliphatic heterocycles. The van der Waals surface area contributed by atoms with Gasteiger partial charge in [0.1, 0.15) is 11.6 Å². The smallest absolute Gasteiger partial charge is 0.228 e. The van der Waals surface area contributed by atoms with Crippen molar-refractivity contribution in [1.29, 1.82) is 0 Å². The Hall–Kier alpha value is -0.540. The minimum absolute atomic E-state index is 0.00505. The van der Waals surface area contributed by atoms with Crippen LogP contribution < -0.4 is 4.74 Å². The second-order valence-electron chi connectivity index (χ2n) is 1.95. The van der Waals surface area contributed by atoms with Gasteiger partial charge in [0, 0.05) is 6.07 Å². The average Bonchev–Trinajstić information content (AvgIpc) is 2.01. The zero-order valence-corrected chi connectivity index (χ0v) is 7.29. The van der Waals surface area contributed by atoms with Crippen LogP contribution in [0.1, 0.15) is 0 Å². The van der Waals surface area contributed by atoms with E-state index in [2.05, 4.69) is 4.74 Å². The summed E-state index contributed by atoms with van der Waals surface area (Å²) in [6.07, 6.45) is 0. The van der Waals surface area contributed by atoms with Crippen molar-refractivity contribution in [2.24, 2.45) is 0 Å². The van der Waals surface area contributed by atoms with E-state index in [4.69, 9.17) is 23.2 Å². The van der Waals surface area contributed by atoms with Crippen molar-refractivity contribution >= 4 is 23.2 Å². The molecule has 0 unspecified atom stereocenters. The van der Waals surface area contributed by atoms with E-state index < -0.39 is 12.7 Å². The second kappa shape index (κ2) is 3.92. The molecule has 12 heavy (non-hydrogen) atoms. The Balaban J connectivity index is 3.05. The standard InChI is InChI=1S/C7H4Cl2F2O/c8-4-2-7(12-3-10)5(9)1-6(4)11/h1-2H,3H2. The second-order valence-corrected chi connectivity index (χ2v) is 2.76. The van der Waals surface area contributed by atoms with Gasteiger partial charge in [-0.25, -0.2) is 8.78 Å². The molecule has 0 amide bonds. The number of halogens is 4. The third-order valence-electron chi connectivity index (χ3n) is 1.18. The van der Waals surface area contributed by atoms with Crippen LogP contribution in [0.3, 0.4) is 0 Å². The largest absolute Gasteiger partial charge is 0.461 e. The molecule has 0 saturated heterocycles. The summed E-state index contributed by atoms with van der Waals surface area (Å²) in [5, 5.41) is -0.155. The first kappa shape index (κ1) is 9.55. The van der Waals surface area contributed by atoms with E-state index >= 15 is 0 Å². The fourth-order valence-corrected chi connectivity index (χ4v) is 1.03. The zero-order chi connectivity index (χ0) is 9.14. The Morgan fingerprint density at radius 1 is 1.25 bits per heavy atom. The molecular weight excluding hydrogens is 209 g/mol. The summed E-state index contributed by atoms with van der Waals surface area (Å²) in [5.41, 5.74) is 0. The quantitative estimate of drug-likeness (QED) is 0.683. The number of hydrogen-bond acceptors (Lipinski definition) is 1. The van der Waals surface area contributed by atoms with Gasteiger partial charge in [-0.15, -0.1) is 0 Å². The summed E-state index contributed by atoms with van der Waals surface area (Å²) in [4.78, 5) is 0. The zero-order valence-electron chi connectivity index (χ0n) is 5.78. The van der Waals surface area contributed by atoms with Gasteiger partial charge in [0.2, 0.25) is 6.86 Å². The highest BCUT2D eigenvalue weighted by Gasteiger charge is 2.07. The van der Waals surface area contributed by atoms with Crippen molar-refractivity contribution in [1.82, 2.24) is 0 Å². The first-order valence-corrected chi connectivity index (χ1v) is 3.74. The van der Waals surface area contributed by atoms with Crippen LogP contribution in [0.25, 0.3) is 0 Å². The fraction of sp³-hybridized carbons (Fsp3) is 0.143. The van der Waals surface area contributed by atoms with Crippen molar-refractivity contribution in [3.8, 4) is 5.75 Å². The van der Waals surface area contributed by atoms with E-state index in [1.807, 2.05) is 0 Å². The maximum absolute atomic E-state index is 12.6. The first-order valence-electron chi connectivity index (χ1n) is 2.98. The van der Waals surface area contributed by atoms with Crippen LogP contribution in [-0.2, 0) is 0 Å². The van der Waals surface area contributed by atoms with Gasteiger partial charge in [-0.3, -0.25) is 0 Å². The van der Waals surface area contributed by atoms with E-state index in [9.17, 15) is 8.78 Å². The maximum atomic E-state index is 12.6. The van der Waals surface area contributed by atoms with E-state index in [0.717, 1.165) is 12.1 Å². The number of ether oxygens (including phenoxy) is 1. The molecule has 0 aliphatic carbocycles. The summed E-state index contributed by atoms with van der Waals surface area (Å²) in [7, 11) is 0. The number of rotatable bonds is 2. The molecule has 1 aromatic carbocycles. The van der Waals surface area contributed by atoms with Crippen LogP contribution in [-0.4, -0.2) is 6.86 Å².